The largest absolute Gasteiger partial charge is 0.481 e. The Morgan fingerprint density at radius 2 is 1.71 bits per heavy atom. The lowest BCUT2D eigenvalue weighted by atomic mass is 9.82. The average molecular weight is 387 g/mol. The van der Waals surface area contributed by atoms with Crippen LogP contribution in [0.4, 0.5) is 0 Å². The van der Waals surface area contributed by atoms with Crippen molar-refractivity contribution in [2.75, 3.05) is 0 Å². The number of aliphatic carboxylic acids is 1. The molecule has 28 heavy (non-hydrogen) atoms. The Bertz CT molecular complexity index is 666. The van der Waals surface area contributed by atoms with Crippen LogP contribution in [0.15, 0.2) is 48.6 Å². The molecular formula is C24H34O4. The zero-order valence-electron chi connectivity index (χ0n) is 17.4. The van der Waals surface area contributed by atoms with Gasteiger partial charge in [0.2, 0.25) is 0 Å². The Balaban J connectivity index is 1.62. The van der Waals surface area contributed by atoms with Crippen molar-refractivity contribution in [1.29, 1.82) is 0 Å². The first kappa shape index (κ1) is 22.4. The molecule has 1 aromatic rings. The molecular weight excluding hydrogens is 352 g/mol. The van der Waals surface area contributed by atoms with E-state index in [1.165, 1.54) is 5.56 Å². The van der Waals surface area contributed by atoms with Crippen LogP contribution >= 0.6 is 0 Å². The normalized spacial score (nSPS) is 26.2. The molecule has 1 aliphatic rings. The third-order valence-electron chi connectivity index (χ3n) is 5.10. The zero-order valence-corrected chi connectivity index (χ0v) is 17.4. The van der Waals surface area contributed by atoms with Crippen molar-refractivity contribution in [2.24, 2.45) is 5.92 Å². The van der Waals surface area contributed by atoms with Crippen LogP contribution < -0.4 is 0 Å². The van der Waals surface area contributed by atoms with Gasteiger partial charge in [-0.25, -0.2) is 9.78 Å². The van der Waals surface area contributed by atoms with E-state index in [0.29, 0.717) is 12.3 Å². The molecule has 0 aromatic heterocycles. The zero-order chi connectivity index (χ0) is 20.5. The van der Waals surface area contributed by atoms with Crippen LogP contribution in [0.3, 0.4) is 0 Å². The Kier molecular flexibility index (Phi) is 8.46. The number of hydrogen-bond acceptors (Lipinski definition) is 3. The molecule has 4 nitrogen and oxygen atoms in total. The molecule has 154 valence electrons. The monoisotopic (exact) mass is 386 g/mol. The third kappa shape index (κ3) is 7.99. The average Bonchev–Trinajstić information content (AvgIpc) is 2.91. The van der Waals surface area contributed by atoms with E-state index in [1.807, 2.05) is 19.9 Å². The summed E-state index contributed by atoms with van der Waals surface area (Å²) in [5, 5.41) is 9.02. The highest BCUT2D eigenvalue weighted by atomic mass is 17.2. The SMILES string of the molecule is CC(CC/C=C/CC/C=C/c1ccccc1)C[C@@]1(C)C[C@@](C)(CC(=O)O)OO1. The summed E-state index contributed by atoms with van der Waals surface area (Å²) in [6.07, 6.45) is 14.6. The molecule has 0 aliphatic carbocycles. The molecule has 1 aliphatic heterocycles. The van der Waals surface area contributed by atoms with Gasteiger partial charge in [-0.05, 0) is 57.4 Å². The van der Waals surface area contributed by atoms with Gasteiger partial charge in [0, 0.05) is 6.42 Å². The minimum atomic E-state index is -0.854. The van der Waals surface area contributed by atoms with E-state index in [4.69, 9.17) is 14.9 Å². The second-order valence-corrected chi connectivity index (χ2v) is 8.56. The van der Waals surface area contributed by atoms with Crippen molar-refractivity contribution < 1.29 is 19.7 Å². The summed E-state index contributed by atoms with van der Waals surface area (Å²) < 4.78 is 0. The number of unbranched alkanes of at least 4 members (excludes halogenated alkanes) is 1. The molecule has 0 radical (unpaired) electrons. The molecule has 1 N–H and O–H groups in total. The van der Waals surface area contributed by atoms with Gasteiger partial charge >= 0.3 is 5.97 Å². The maximum Gasteiger partial charge on any atom is 0.306 e. The minimum absolute atomic E-state index is 0.0293. The van der Waals surface area contributed by atoms with E-state index in [1.54, 1.807) is 0 Å². The van der Waals surface area contributed by atoms with Crippen LogP contribution in [0.5, 0.6) is 0 Å². The van der Waals surface area contributed by atoms with E-state index in [-0.39, 0.29) is 6.42 Å². The lowest BCUT2D eigenvalue weighted by Crippen LogP contribution is -2.31. The summed E-state index contributed by atoms with van der Waals surface area (Å²) in [6, 6.07) is 10.4. The highest BCUT2D eigenvalue weighted by molar-refractivity contribution is 5.68. The van der Waals surface area contributed by atoms with E-state index < -0.39 is 17.2 Å². The molecule has 1 aromatic carbocycles. The number of allylic oxidation sites excluding steroid dienone is 3. The first-order valence-corrected chi connectivity index (χ1v) is 10.3. The van der Waals surface area contributed by atoms with Crippen molar-refractivity contribution in [3.8, 4) is 0 Å². The highest BCUT2D eigenvalue weighted by Gasteiger charge is 2.47. The molecule has 0 bridgehead atoms. The fourth-order valence-corrected chi connectivity index (χ4v) is 4.00. The molecule has 1 fully saturated rings. The Morgan fingerprint density at radius 3 is 2.43 bits per heavy atom. The second kappa shape index (κ2) is 10.6. The molecule has 3 atom stereocenters. The first-order valence-electron chi connectivity index (χ1n) is 10.3. The maximum atomic E-state index is 11.0. The topological polar surface area (TPSA) is 55.8 Å². The van der Waals surface area contributed by atoms with Crippen molar-refractivity contribution in [1.82, 2.24) is 0 Å². The predicted octanol–water partition coefficient (Wildman–Crippen LogP) is 6.19. The van der Waals surface area contributed by atoms with Crippen LogP contribution in [-0.2, 0) is 14.6 Å². The molecule has 4 heteroatoms. The van der Waals surface area contributed by atoms with Gasteiger partial charge in [-0.1, -0.05) is 61.6 Å². The fraction of sp³-hybridized carbons (Fsp3) is 0.542. The number of carboxylic acids is 1. The summed E-state index contributed by atoms with van der Waals surface area (Å²) in [6.45, 7) is 6.05. The molecule has 0 amide bonds. The van der Waals surface area contributed by atoms with Crippen LogP contribution in [0.1, 0.15) is 71.3 Å². The fourth-order valence-electron chi connectivity index (χ4n) is 4.00. The van der Waals surface area contributed by atoms with Crippen LogP contribution in [0, 0.1) is 5.92 Å². The Labute approximate surface area is 169 Å². The van der Waals surface area contributed by atoms with Crippen molar-refractivity contribution in [3.05, 3.63) is 54.1 Å². The summed E-state index contributed by atoms with van der Waals surface area (Å²) in [4.78, 5) is 21.9. The van der Waals surface area contributed by atoms with Gasteiger partial charge in [0.1, 0.15) is 11.2 Å². The van der Waals surface area contributed by atoms with Crippen LogP contribution in [0.2, 0.25) is 0 Å². The van der Waals surface area contributed by atoms with Crippen LogP contribution in [0.25, 0.3) is 6.08 Å². The number of benzene rings is 1. The standard InChI is InChI=1S/C24H34O4/c1-20(17-23(2)19-24(3,28-27-23)18-22(25)26)13-9-6-4-5-7-10-14-21-15-11-8-12-16-21/h4,6,8,10-12,14-16,20H,5,7,9,13,17-19H2,1-3H3,(H,25,26)/b6-4+,14-10+/t20?,23-,24+/m0/s1. The van der Waals surface area contributed by atoms with Crippen molar-refractivity contribution in [2.45, 2.75) is 76.9 Å². The predicted molar refractivity (Wildman–Crippen MR) is 113 cm³/mol. The van der Waals surface area contributed by atoms with Gasteiger partial charge < -0.3 is 5.11 Å². The van der Waals surface area contributed by atoms with Gasteiger partial charge in [-0.3, -0.25) is 4.79 Å². The lowest BCUT2D eigenvalue weighted by molar-refractivity contribution is -0.346. The maximum absolute atomic E-state index is 11.0. The molecule has 2 rings (SSSR count). The van der Waals surface area contributed by atoms with E-state index in [2.05, 4.69) is 55.5 Å². The van der Waals surface area contributed by atoms with E-state index in [0.717, 1.165) is 32.1 Å². The second-order valence-electron chi connectivity index (χ2n) is 8.56. The molecule has 1 unspecified atom stereocenters. The Morgan fingerprint density at radius 1 is 1.07 bits per heavy atom. The highest BCUT2D eigenvalue weighted by Crippen LogP contribution is 2.42. The van der Waals surface area contributed by atoms with Crippen molar-refractivity contribution in [3.63, 3.8) is 0 Å². The lowest BCUT2D eigenvalue weighted by Gasteiger charge is -2.25. The molecule has 1 heterocycles. The van der Waals surface area contributed by atoms with Gasteiger partial charge in [-0.2, -0.15) is 0 Å². The molecule has 1 saturated heterocycles. The number of hydrogen-bond donors (Lipinski definition) is 1. The van der Waals surface area contributed by atoms with Crippen molar-refractivity contribution >= 4 is 12.0 Å². The number of carboxylic acid groups (broad SMARTS) is 1. The van der Waals surface area contributed by atoms with E-state index >= 15 is 0 Å². The third-order valence-corrected chi connectivity index (χ3v) is 5.10. The summed E-state index contributed by atoms with van der Waals surface area (Å²) in [5.74, 6) is -0.365. The number of carbonyl (C=O) groups is 1. The molecule has 0 spiro atoms. The molecule has 0 saturated carbocycles. The Hall–Kier alpha value is -1.91. The van der Waals surface area contributed by atoms with E-state index in [9.17, 15) is 4.79 Å². The number of rotatable bonds is 11. The summed E-state index contributed by atoms with van der Waals surface area (Å²) in [7, 11) is 0. The van der Waals surface area contributed by atoms with Gasteiger partial charge in [-0.15, -0.1) is 0 Å². The van der Waals surface area contributed by atoms with Gasteiger partial charge in [0.25, 0.3) is 0 Å². The van der Waals surface area contributed by atoms with Gasteiger partial charge in [0.15, 0.2) is 0 Å². The smallest absolute Gasteiger partial charge is 0.306 e. The van der Waals surface area contributed by atoms with Crippen LogP contribution in [-0.4, -0.2) is 22.3 Å². The van der Waals surface area contributed by atoms with Gasteiger partial charge in [0.05, 0.1) is 6.42 Å². The quantitative estimate of drug-likeness (QED) is 0.280. The first-order chi connectivity index (χ1) is 13.3. The minimum Gasteiger partial charge on any atom is -0.481 e. The summed E-state index contributed by atoms with van der Waals surface area (Å²) in [5.41, 5.74) is 0.106. The summed E-state index contributed by atoms with van der Waals surface area (Å²) >= 11 is 0.